The zero-order valence-corrected chi connectivity index (χ0v) is 13.6. The number of hydrogen-bond donors (Lipinski definition) is 2. The molecular weight excluding hydrogens is 304 g/mol. The number of nitrogens with one attached hydrogen (secondary N) is 2. The average Bonchev–Trinajstić information content (AvgIpc) is 3.09. The fourth-order valence-corrected chi connectivity index (χ4v) is 2.49. The van der Waals surface area contributed by atoms with Crippen LogP contribution in [0.3, 0.4) is 0 Å². The van der Waals surface area contributed by atoms with Crippen LogP contribution < -0.4 is 11.2 Å². The maximum atomic E-state index is 12.1. The van der Waals surface area contributed by atoms with Gasteiger partial charge in [0.1, 0.15) is 5.52 Å². The van der Waals surface area contributed by atoms with E-state index in [1.165, 1.54) is 6.33 Å². The zero-order valence-electron chi connectivity index (χ0n) is 13.6. The lowest BCUT2D eigenvalue weighted by molar-refractivity contribution is 0.578. The highest BCUT2D eigenvalue weighted by molar-refractivity contribution is 5.79. The predicted molar refractivity (Wildman–Crippen MR) is 93.8 cm³/mol. The molecule has 124 valence electrons. The number of imidazole rings is 1. The molecule has 3 rings (SSSR count). The third-order valence-corrected chi connectivity index (χ3v) is 3.73. The summed E-state index contributed by atoms with van der Waals surface area (Å²) in [6.45, 7) is 2.88. The van der Waals surface area contributed by atoms with Gasteiger partial charge in [-0.05, 0) is 12.0 Å². The molecule has 0 saturated carbocycles. The predicted octanol–water partition coefficient (Wildman–Crippen LogP) is 2.18. The van der Waals surface area contributed by atoms with Crippen LogP contribution in [0.25, 0.3) is 11.2 Å². The third kappa shape index (κ3) is 3.51. The molecule has 7 heteroatoms. The average molecular weight is 324 g/mol. The van der Waals surface area contributed by atoms with E-state index in [0.29, 0.717) is 16.8 Å². The Labute approximate surface area is 138 Å². The highest BCUT2D eigenvalue weighted by atomic mass is 16.1. The summed E-state index contributed by atoms with van der Waals surface area (Å²) in [6, 6.07) is 9.69. The molecule has 0 unspecified atom stereocenters. The maximum absolute atomic E-state index is 12.1. The molecule has 0 amide bonds. The van der Waals surface area contributed by atoms with Crippen LogP contribution in [0.1, 0.15) is 31.7 Å². The van der Waals surface area contributed by atoms with E-state index in [1.54, 1.807) is 6.21 Å². The topological polar surface area (TPSA) is 91.2 Å². The highest BCUT2D eigenvalue weighted by Gasteiger charge is 2.08. The summed E-state index contributed by atoms with van der Waals surface area (Å²) in [4.78, 5) is 22.0. The monoisotopic (exact) mass is 324 g/mol. The SMILES string of the molecule is CCCCCn1/c(=N/N=C/c2ccccc2)[nH]c(=O)c2[nH]cnc21. The number of aryl methyl sites for hydroxylation is 1. The smallest absolute Gasteiger partial charge is 0.278 e. The molecule has 0 bridgehead atoms. The number of benzene rings is 1. The van der Waals surface area contributed by atoms with Crippen molar-refractivity contribution in [1.29, 1.82) is 0 Å². The normalized spacial score (nSPS) is 12.5. The minimum atomic E-state index is -0.247. The van der Waals surface area contributed by atoms with Crippen molar-refractivity contribution in [2.75, 3.05) is 0 Å². The van der Waals surface area contributed by atoms with Gasteiger partial charge in [0.25, 0.3) is 5.56 Å². The second-order valence-electron chi connectivity index (χ2n) is 5.49. The molecule has 0 aliphatic carbocycles. The van der Waals surface area contributed by atoms with E-state index in [9.17, 15) is 4.79 Å². The number of nitrogens with zero attached hydrogens (tertiary/aromatic N) is 4. The molecule has 0 fully saturated rings. The van der Waals surface area contributed by atoms with E-state index in [0.717, 1.165) is 31.4 Å². The molecule has 24 heavy (non-hydrogen) atoms. The lowest BCUT2D eigenvalue weighted by Crippen LogP contribution is -2.31. The molecule has 0 aliphatic rings. The Kier molecular flexibility index (Phi) is 5.00. The summed E-state index contributed by atoms with van der Waals surface area (Å²) in [7, 11) is 0. The highest BCUT2D eigenvalue weighted by Crippen LogP contribution is 2.03. The molecule has 0 spiro atoms. The van der Waals surface area contributed by atoms with Crippen LogP contribution in [-0.4, -0.2) is 25.7 Å². The van der Waals surface area contributed by atoms with Gasteiger partial charge in [-0.3, -0.25) is 14.3 Å². The number of rotatable bonds is 6. The molecule has 2 N–H and O–H groups in total. The van der Waals surface area contributed by atoms with Crippen molar-refractivity contribution in [3.8, 4) is 0 Å². The standard InChI is InChI=1S/C17H20N6O/c1-2-3-7-10-23-15-14(18-12-19-15)16(24)21-17(23)22-20-11-13-8-5-4-6-9-13/h4-6,8-9,11-12H,2-3,7,10H2,1H3,(H,18,19)(H,21,22,24)/b20-11+. The zero-order chi connectivity index (χ0) is 16.8. The Morgan fingerprint density at radius 1 is 1.25 bits per heavy atom. The first-order valence-corrected chi connectivity index (χ1v) is 8.08. The van der Waals surface area contributed by atoms with E-state index >= 15 is 0 Å². The molecular formula is C17H20N6O. The molecule has 0 aliphatic heterocycles. The van der Waals surface area contributed by atoms with E-state index in [4.69, 9.17) is 0 Å². The van der Waals surface area contributed by atoms with Crippen molar-refractivity contribution in [1.82, 2.24) is 19.5 Å². The fraction of sp³-hybridized carbons (Fsp3) is 0.294. The van der Waals surface area contributed by atoms with Crippen LogP contribution in [0.2, 0.25) is 0 Å². The van der Waals surface area contributed by atoms with Gasteiger partial charge in [-0.1, -0.05) is 50.1 Å². The van der Waals surface area contributed by atoms with Crippen molar-refractivity contribution in [2.24, 2.45) is 10.2 Å². The van der Waals surface area contributed by atoms with Crippen LogP contribution in [-0.2, 0) is 6.54 Å². The summed E-state index contributed by atoms with van der Waals surface area (Å²) in [5, 5.41) is 8.30. The minimum Gasteiger partial charge on any atom is -0.339 e. The second-order valence-corrected chi connectivity index (χ2v) is 5.49. The van der Waals surface area contributed by atoms with Gasteiger partial charge in [0, 0.05) is 6.54 Å². The Bertz CT molecular complexity index is 948. The molecule has 2 aromatic heterocycles. The number of hydrogen-bond acceptors (Lipinski definition) is 4. The van der Waals surface area contributed by atoms with Gasteiger partial charge in [0.15, 0.2) is 5.65 Å². The Morgan fingerprint density at radius 3 is 2.88 bits per heavy atom. The summed E-state index contributed by atoms with van der Waals surface area (Å²) in [5.74, 6) is 0. The number of aromatic amines is 2. The van der Waals surface area contributed by atoms with Gasteiger partial charge in [0.2, 0.25) is 5.62 Å². The number of aromatic nitrogens is 4. The fourth-order valence-electron chi connectivity index (χ4n) is 2.49. The quantitative estimate of drug-likeness (QED) is 0.413. The van der Waals surface area contributed by atoms with Gasteiger partial charge in [-0.15, -0.1) is 5.10 Å². The van der Waals surface area contributed by atoms with Crippen molar-refractivity contribution >= 4 is 17.4 Å². The summed E-state index contributed by atoms with van der Waals surface area (Å²) >= 11 is 0. The lowest BCUT2D eigenvalue weighted by atomic mass is 10.2. The first-order valence-electron chi connectivity index (χ1n) is 8.08. The second kappa shape index (κ2) is 7.54. The van der Waals surface area contributed by atoms with Crippen LogP contribution in [0.4, 0.5) is 0 Å². The Morgan fingerprint density at radius 2 is 2.08 bits per heavy atom. The largest absolute Gasteiger partial charge is 0.339 e. The van der Waals surface area contributed by atoms with Gasteiger partial charge in [0.05, 0.1) is 12.5 Å². The molecule has 3 aromatic rings. The van der Waals surface area contributed by atoms with Crippen molar-refractivity contribution in [3.05, 3.63) is 58.2 Å². The number of fused-ring (bicyclic) bond motifs is 1. The van der Waals surface area contributed by atoms with Crippen LogP contribution in [0.5, 0.6) is 0 Å². The summed E-state index contributed by atoms with van der Waals surface area (Å²) in [6.07, 6.45) is 6.38. The van der Waals surface area contributed by atoms with Gasteiger partial charge < -0.3 is 4.98 Å². The molecule has 0 atom stereocenters. The van der Waals surface area contributed by atoms with Gasteiger partial charge >= 0.3 is 0 Å². The maximum Gasteiger partial charge on any atom is 0.278 e. The molecule has 7 nitrogen and oxygen atoms in total. The van der Waals surface area contributed by atoms with Gasteiger partial charge in [-0.2, -0.15) is 5.10 Å². The molecule has 0 radical (unpaired) electrons. The van der Waals surface area contributed by atoms with Crippen LogP contribution in [0, 0.1) is 0 Å². The molecule has 0 saturated heterocycles. The van der Waals surface area contributed by atoms with Gasteiger partial charge in [-0.25, -0.2) is 4.98 Å². The number of unbranched alkanes of at least 4 members (excludes halogenated alkanes) is 2. The van der Waals surface area contributed by atoms with E-state index in [2.05, 4.69) is 32.1 Å². The van der Waals surface area contributed by atoms with E-state index in [-0.39, 0.29) is 5.56 Å². The lowest BCUT2D eigenvalue weighted by Gasteiger charge is -2.07. The number of H-pyrrole nitrogens is 2. The van der Waals surface area contributed by atoms with Crippen molar-refractivity contribution < 1.29 is 0 Å². The minimum absolute atomic E-state index is 0.247. The summed E-state index contributed by atoms with van der Waals surface area (Å²) < 4.78 is 1.89. The Hall–Kier alpha value is -2.96. The molecule has 1 aromatic carbocycles. The van der Waals surface area contributed by atoms with Crippen molar-refractivity contribution in [3.63, 3.8) is 0 Å². The Balaban J connectivity index is 2.01. The van der Waals surface area contributed by atoms with Crippen LogP contribution in [0.15, 0.2) is 51.7 Å². The summed E-state index contributed by atoms with van der Waals surface area (Å²) in [5.41, 5.74) is 2.16. The first kappa shape index (κ1) is 15.9. The third-order valence-electron chi connectivity index (χ3n) is 3.73. The first-order chi connectivity index (χ1) is 11.8. The van der Waals surface area contributed by atoms with E-state index < -0.39 is 0 Å². The van der Waals surface area contributed by atoms with Crippen LogP contribution >= 0.6 is 0 Å². The van der Waals surface area contributed by atoms with Crippen molar-refractivity contribution in [2.45, 2.75) is 32.7 Å². The van der Waals surface area contributed by atoms with E-state index in [1.807, 2.05) is 34.9 Å². The molecule has 2 heterocycles.